The minimum absolute atomic E-state index is 0.0225. The molecule has 5 atom stereocenters. The van der Waals surface area contributed by atoms with Gasteiger partial charge in [0.1, 0.15) is 55.0 Å². The second kappa shape index (κ2) is 36.3. The highest BCUT2D eigenvalue weighted by atomic mass is 16.6. The molecular formula is C83H91N7O17. The number of nitrogens with one attached hydrogen (secondary N) is 2. The van der Waals surface area contributed by atoms with Crippen LogP contribution in [-0.2, 0) is 83.0 Å². The zero-order chi connectivity index (χ0) is 76.3. The summed E-state index contributed by atoms with van der Waals surface area (Å²) in [6, 6.07) is 46.5. The van der Waals surface area contributed by atoms with Crippen LogP contribution in [0.3, 0.4) is 0 Å². The Kier molecular flexibility index (Phi) is 26.4. The Morgan fingerprint density at radius 3 is 1.88 bits per heavy atom. The lowest BCUT2D eigenvalue weighted by Crippen LogP contribution is -2.62. The summed E-state index contributed by atoms with van der Waals surface area (Å²) in [5.74, 6) is -6.40. The number of aromatic hydroxyl groups is 1. The number of rotatable bonds is 14. The number of ketones is 1. The van der Waals surface area contributed by atoms with E-state index in [9.17, 15) is 43.5 Å². The van der Waals surface area contributed by atoms with Crippen molar-refractivity contribution < 1.29 is 81.5 Å². The number of carbonyl (C=O) groups excluding carboxylic acids is 10. The van der Waals surface area contributed by atoms with E-state index in [1.807, 2.05) is 60.7 Å². The molecular weight excluding hydrogens is 1370 g/mol. The molecule has 0 spiro atoms. The number of cyclic esters (lactones) is 2. The number of ether oxygens (including phenoxy) is 6. The Bertz CT molecular complexity index is 4330. The van der Waals surface area contributed by atoms with Gasteiger partial charge < -0.3 is 68.7 Å². The maximum Gasteiger partial charge on any atom is 0.409 e. The van der Waals surface area contributed by atoms with Crippen LogP contribution in [0.1, 0.15) is 84.1 Å². The number of benzene rings is 7. The number of likely N-dealkylation sites (N-methyl/N-ethyl adjacent to an activating group) is 3. The quantitative estimate of drug-likeness (QED) is 0.0523. The first-order chi connectivity index (χ1) is 51.5. The molecule has 0 aromatic heterocycles. The summed E-state index contributed by atoms with van der Waals surface area (Å²) in [7, 11) is 7.38. The van der Waals surface area contributed by atoms with Gasteiger partial charge in [0.2, 0.25) is 29.4 Å². The lowest BCUT2D eigenvalue weighted by molar-refractivity contribution is -0.166. The molecule has 10 rings (SSSR count). The molecule has 0 saturated carbocycles. The van der Waals surface area contributed by atoms with Gasteiger partial charge in [-0.3, -0.25) is 33.6 Å². The maximum absolute atomic E-state index is 15.4. The maximum atomic E-state index is 15.4. The molecule has 0 radical (unpaired) electrons. The highest BCUT2D eigenvalue weighted by Gasteiger charge is 2.46. The number of phenolic OH excluding ortho intramolecular Hbond substituents is 1. The highest BCUT2D eigenvalue weighted by molar-refractivity contribution is 6.38. The van der Waals surface area contributed by atoms with Crippen LogP contribution in [0.2, 0.25) is 0 Å². The van der Waals surface area contributed by atoms with Gasteiger partial charge in [0, 0.05) is 65.6 Å². The standard InChI is InChI=1S/C83H91N7O17/c1-83(2)53-106-75(94)31-18-19-42-86(3)78(97)66(45-55-21-10-8-11-22-55)84-73(92)50-87(4)79(98)67(46-56-23-12-9-13-24-56)85-77(96)68(39-34-54-32-37-59(91)38-33-54)88(5)74(93)52-104-60-26-20-25-58(48-60)70(40-35-57-36-41-71(102-6)72(47-57)103-7)107-81(100)69-49-89(43-44-90(69)80(99)76(83)95)82(101)105-51-65-63-29-16-14-27-61(63)62-28-15-17-30-64(62)65/h8-18,20-33,36-38,41,47-48,65-70,91H,19,34-35,39-40,42-46,49-53H2,1-7H3,(H,84,92)(H,85,96)/b31-18+/t66-,67-,68+,69+,70-/m1/s1. The molecule has 3 N–H and O–H groups in total. The van der Waals surface area contributed by atoms with Crippen molar-refractivity contribution in [3.63, 3.8) is 0 Å². The van der Waals surface area contributed by atoms with Crippen LogP contribution < -0.4 is 24.8 Å². The summed E-state index contributed by atoms with van der Waals surface area (Å²) in [5.41, 5.74) is 5.55. The molecule has 24 nitrogen and oxygen atoms in total. The van der Waals surface area contributed by atoms with Gasteiger partial charge in [-0.05, 0) is 132 Å². The molecule has 2 bridgehead atoms. The summed E-state index contributed by atoms with van der Waals surface area (Å²) in [5, 5.41) is 15.9. The second-order valence-corrected chi connectivity index (χ2v) is 27.5. The van der Waals surface area contributed by atoms with E-state index in [1.54, 1.807) is 103 Å². The van der Waals surface area contributed by atoms with Gasteiger partial charge in [-0.1, -0.05) is 146 Å². The number of nitrogens with zero attached hydrogens (tertiary/aromatic N) is 5. The minimum atomic E-state index is -1.67. The van der Waals surface area contributed by atoms with Gasteiger partial charge in [-0.2, -0.15) is 0 Å². The molecule has 2 heterocycles. The first-order valence-corrected chi connectivity index (χ1v) is 35.6. The number of fused-ring (bicyclic) bond motifs is 6. The van der Waals surface area contributed by atoms with Gasteiger partial charge >= 0.3 is 18.0 Å². The van der Waals surface area contributed by atoms with Crippen molar-refractivity contribution in [1.29, 1.82) is 0 Å². The normalized spacial score (nSPS) is 20.2. The smallest absolute Gasteiger partial charge is 0.409 e. The third-order valence-electron chi connectivity index (χ3n) is 19.5. The fraction of sp³-hybridized carbons (Fsp3) is 0.349. The lowest BCUT2D eigenvalue weighted by atomic mass is 9.87. The Balaban J connectivity index is 0.972. The number of hydrogen-bond acceptors (Lipinski definition) is 17. The number of carbonyl (C=O) groups is 10. The second-order valence-electron chi connectivity index (χ2n) is 27.5. The largest absolute Gasteiger partial charge is 0.508 e. The number of hydrogen-bond donors (Lipinski definition) is 3. The predicted octanol–water partition coefficient (Wildman–Crippen LogP) is 8.40. The van der Waals surface area contributed by atoms with E-state index in [1.165, 1.54) is 82.1 Å². The fourth-order valence-corrected chi connectivity index (χ4v) is 13.4. The Labute approximate surface area is 622 Å². The number of aryl methyl sites for hydroxylation is 2. The zero-order valence-corrected chi connectivity index (χ0v) is 61.2. The third-order valence-corrected chi connectivity index (χ3v) is 19.5. The Morgan fingerprint density at radius 2 is 1.22 bits per heavy atom. The molecule has 1 fully saturated rings. The molecule has 1 saturated heterocycles. The topological polar surface area (TPSA) is 287 Å². The fourth-order valence-electron chi connectivity index (χ4n) is 13.4. The van der Waals surface area contributed by atoms with E-state index >= 15 is 9.59 Å². The van der Waals surface area contributed by atoms with Crippen molar-refractivity contribution in [3.8, 4) is 34.1 Å². The van der Waals surface area contributed by atoms with Crippen LogP contribution in [-0.4, -0.2) is 201 Å². The number of methoxy groups -OCH3 is 2. The van der Waals surface area contributed by atoms with E-state index in [0.29, 0.717) is 22.6 Å². The molecule has 560 valence electrons. The van der Waals surface area contributed by atoms with Crippen LogP contribution in [0.25, 0.3) is 11.1 Å². The van der Waals surface area contributed by atoms with Gasteiger partial charge in [0.25, 0.3) is 11.8 Å². The minimum Gasteiger partial charge on any atom is -0.508 e. The van der Waals surface area contributed by atoms with Crippen LogP contribution in [0.4, 0.5) is 4.79 Å². The van der Waals surface area contributed by atoms with Crippen molar-refractivity contribution in [2.45, 2.75) is 95.0 Å². The molecule has 1 aliphatic carbocycles. The van der Waals surface area contributed by atoms with Crippen LogP contribution in [0.15, 0.2) is 188 Å². The number of piperazine rings is 1. The first-order valence-electron chi connectivity index (χ1n) is 35.6. The van der Waals surface area contributed by atoms with E-state index < -0.39 is 121 Å². The van der Waals surface area contributed by atoms with Crippen molar-refractivity contribution in [2.24, 2.45) is 5.41 Å². The summed E-state index contributed by atoms with van der Waals surface area (Å²) in [4.78, 5) is 152. The number of amides is 7. The average molecular weight is 1460 g/mol. The summed E-state index contributed by atoms with van der Waals surface area (Å²) in [6.45, 7) is 0.170. The summed E-state index contributed by atoms with van der Waals surface area (Å²) < 4.78 is 35.6. The SMILES string of the molecule is COc1ccc(CC[C@H]2OC(=O)[C@@H]3CN(C(=O)OCC4c5ccccc5-c5ccccc54)CCN3C(=O)C(=O)C(C)(C)COC(=O)/C=C/CCN(C)C(=O)[C@@H](Cc3ccccc3)NC(=O)CN(C)C(=O)[C@@H](Cc3ccccc3)NC(=O)[C@H](CCc3ccc(O)cc3)N(C)C(=O)COc3cccc2c3)cc1OC. The Hall–Kier alpha value is -11.8. The predicted molar refractivity (Wildman–Crippen MR) is 397 cm³/mol. The highest BCUT2D eigenvalue weighted by Crippen LogP contribution is 2.45. The number of Topliss-reactive ketones (excluding diaryl/α,β-unsaturated/α-hetero) is 1. The van der Waals surface area contributed by atoms with Crippen molar-refractivity contribution >= 4 is 59.3 Å². The van der Waals surface area contributed by atoms with Crippen LogP contribution >= 0.6 is 0 Å². The molecule has 107 heavy (non-hydrogen) atoms. The van der Waals surface area contributed by atoms with E-state index in [0.717, 1.165) is 54.8 Å². The van der Waals surface area contributed by atoms with E-state index in [-0.39, 0.29) is 88.6 Å². The number of phenols is 1. The van der Waals surface area contributed by atoms with Gasteiger partial charge in [-0.25, -0.2) is 14.4 Å². The number of esters is 2. The average Bonchev–Trinajstić information content (AvgIpc) is 1.58. The van der Waals surface area contributed by atoms with Gasteiger partial charge in [0.15, 0.2) is 18.1 Å². The molecule has 7 amide bonds. The monoisotopic (exact) mass is 1460 g/mol. The zero-order valence-electron chi connectivity index (χ0n) is 61.2. The summed E-state index contributed by atoms with van der Waals surface area (Å²) in [6.07, 6.45) is 1.46. The van der Waals surface area contributed by atoms with Crippen molar-refractivity contribution in [2.75, 3.05) is 87.9 Å². The van der Waals surface area contributed by atoms with Crippen LogP contribution in [0.5, 0.6) is 23.0 Å². The van der Waals surface area contributed by atoms with Crippen molar-refractivity contribution in [1.82, 2.24) is 35.1 Å². The van der Waals surface area contributed by atoms with E-state index in [4.69, 9.17) is 28.4 Å². The molecule has 3 aliphatic rings. The van der Waals surface area contributed by atoms with Crippen molar-refractivity contribution in [3.05, 3.63) is 227 Å². The lowest BCUT2D eigenvalue weighted by Gasteiger charge is -2.40. The molecule has 7 aromatic rings. The van der Waals surface area contributed by atoms with Crippen LogP contribution in [0, 0.1) is 5.41 Å². The molecule has 7 aromatic carbocycles. The van der Waals surface area contributed by atoms with Gasteiger partial charge in [0.05, 0.1) is 32.7 Å². The first kappa shape index (κ1) is 77.8. The van der Waals surface area contributed by atoms with Gasteiger partial charge in [-0.15, -0.1) is 0 Å². The summed E-state index contributed by atoms with van der Waals surface area (Å²) >= 11 is 0. The molecule has 2 aliphatic heterocycles. The molecule has 24 heteroatoms. The molecule has 0 unspecified atom stereocenters. The Morgan fingerprint density at radius 1 is 0.617 bits per heavy atom. The third kappa shape index (κ3) is 20.2. The van der Waals surface area contributed by atoms with E-state index in [2.05, 4.69) is 10.6 Å².